The smallest absolute Gasteiger partial charge is 0.324 e. The summed E-state index contributed by atoms with van der Waals surface area (Å²) in [6.45, 7) is 10.1. The van der Waals surface area contributed by atoms with Gasteiger partial charge in [0.1, 0.15) is 0 Å². The summed E-state index contributed by atoms with van der Waals surface area (Å²) in [5.74, 6) is 0.907. The van der Waals surface area contributed by atoms with Crippen LogP contribution in [0.15, 0.2) is 30.3 Å². The van der Waals surface area contributed by atoms with Gasteiger partial charge in [0, 0.05) is 5.92 Å². The van der Waals surface area contributed by atoms with Gasteiger partial charge in [-0.15, -0.1) is 0 Å². The fourth-order valence-electron chi connectivity index (χ4n) is 3.36. The minimum atomic E-state index is -4.20. The summed E-state index contributed by atoms with van der Waals surface area (Å²) >= 11 is 0. The Bertz CT molecular complexity index is 507. The van der Waals surface area contributed by atoms with Crippen molar-refractivity contribution in [2.75, 3.05) is 0 Å². The Kier molecular flexibility index (Phi) is 7.51. The van der Waals surface area contributed by atoms with Crippen molar-refractivity contribution in [3.63, 3.8) is 0 Å². The Morgan fingerprint density at radius 2 is 1.70 bits per heavy atom. The molecule has 0 amide bonds. The summed E-state index contributed by atoms with van der Waals surface area (Å²) in [5, 5.41) is -1.06. The zero-order chi connectivity index (χ0) is 17.7. The van der Waals surface area contributed by atoms with Gasteiger partial charge in [0.05, 0.1) is 5.16 Å². The number of benzene rings is 1. The first kappa shape index (κ1) is 20.4. The highest BCUT2D eigenvalue weighted by Crippen LogP contribution is 2.58. The molecule has 1 rings (SSSR count). The number of hydrogen-bond donors (Lipinski definition) is 2. The molecule has 23 heavy (non-hydrogen) atoms. The normalized spacial score (nSPS) is 16.8. The molecule has 0 saturated carbocycles. The predicted octanol–water partition coefficient (Wildman–Crippen LogP) is 5.58. The number of rotatable bonds is 9. The fraction of sp³-hybridized carbons (Fsp3) is 0.684. The maximum Gasteiger partial charge on any atom is 0.331 e. The molecule has 0 aliphatic heterocycles. The van der Waals surface area contributed by atoms with Crippen LogP contribution in [0, 0.1) is 11.8 Å². The first-order valence-corrected chi connectivity index (χ1v) is 10.4. The van der Waals surface area contributed by atoms with Gasteiger partial charge in [-0.3, -0.25) is 4.57 Å². The number of hydrogen-bond acceptors (Lipinski definition) is 1. The maximum atomic E-state index is 12.1. The summed E-state index contributed by atoms with van der Waals surface area (Å²) in [6.07, 6.45) is 4.13. The van der Waals surface area contributed by atoms with E-state index in [9.17, 15) is 14.4 Å². The van der Waals surface area contributed by atoms with Crippen LogP contribution in [0.4, 0.5) is 0 Å². The molecule has 1 aromatic rings. The summed E-state index contributed by atoms with van der Waals surface area (Å²) < 4.78 is 12.1. The van der Waals surface area contributed by atoms with Gasteiger partial charge in [0.25, 0.3) is 0 Å². The Balaban J connectivity index is 3.22. The topological polar surface area (TPSA) is 57.5 Å². The lowest BCUT2D eigenvalue weighted by atomic mass is 9.75. The monoisotopic (exact) mass is 340 g/mol. The largest absolute Gasteiger partial charge is 0.331 e. The van der Waals surface area contributed by atoms with Gasteiger partial charge >= 0.3 is 7.60 Å². The van der Waals surface area contributed by atoms with Gasteiger partial charge in [-0.2, -0.15) is 0 Å². The minimum Gasteiger partial charge on any atom is -0.324 e. The van der Waals surface area contributed by atoms with Crippen molar-refractivity contribution in [2.24, 2.45) is 11.8 Å². The van der Waals surface area contributed by atoms with Gasteiger partial charge in [-0.05, 0) is 37.7 Å². The van der Waals surface area contributed by atoms with Gasteiger partial charge in [-0.25, -0.2) is 0 Å². The zero-order valence-corrected chi connectivity index (χ0v) is 16.1. The molecule has 3 nitrogen and oxygen atoms in total. The van der Waals surface area contributed by atoms with Crippen LogP contribution < -0.4 is 0 Å². The molecular formula is C19H33O3P. The molecule has 2 N–H and O–H groups in total. The van der Waals surface area contributed by atoms with Crippen LogP contribution in [0.5, 0.6) is 0 Å². The van der Waals surface area contributed by atoms with E-state index >= 15 is 0 Å². The summed E-state index contributed by atoms with van der Waals surface area (Å²) in [6, 6.07) is 9.86. The second kappa shape index (κ2) is 8.46. The van der Waals surface area contributed by atoms with E-state index in [1.807, 2.05) is 30.3 Å². The zero-order valence-electron chi connectivity index (χ0n) is 15.2. The molecule has 0 saturated heterocycles. The van der Waals surface area contributed by atoms with Crippen molar-refractivity contribution in [1.82, 2.24) is 0 Å². The van der Waals surface area contributed by atoms with E-state index in [-0.39, 0.29) is 5.92 Å². The molecule has 0 spiro atoms. The molecule has 0 fully saturated rings. The highest BCUT2D eigenvalue weighted by atomic mass is 31.2. The first-order valence-electron chi connectivity index (χ1n) is 8.75. The molecule has 0 aromatic heterocycles. The summed E-state index contributed by atoms with van der Waals surface area (Å²) in [4.78, 5) is 19.9. The lowest BCUT2D eigenvalue weighted by molar-refractivity contribution is 0.250. The van der Waals surface area contributed by atoms with Gasteiger partial charge in [0.15, 0.2) is 0 Å². The van der Waals surface area contributed by atoms with E-state index in [4.69, 9.17) is 0 Å². The van der Waals surface area contributed by atoms with Crippen molar-refractivity contribution in [1.29, 1.82) is 0 Å². The van der Waals surface area contributed by atoms with Crippen LogP contribution in [-0.4, -0.2) is 14.9 Å². The average molecular weight is 340 g/mol. The summed E-state index contributed by atoms with van der Waals surface area (Å²) in [5.41, 5.74) is 1.03. The van der Waals surface area contributed by atoms with Gasteiger partial charge in [0.2, 0.25) is 0 Å². The Hall–Kier alpha value is -0.630. The molecule has 2 unspecified atom stereocenters. The Morgan fingerprint density at radius 1 is 1.13 bits per heavy atom. The van der Waals surface area contributed by atoms with E-state index < -0.39 is 12.8 Å². The third-order valence-corrected chi connectivity index (χ3v) is 7.27. The molecule has 0 aliphatic carbocycles. The van der Waals surface area contributed by atoms with Crippen molar-refractivity contribution in [3.05, 3.63) is 35.9 Å². The highest BCUT2D eigenvalue weighted by Gasteiger charge is 2.46. The quantitative estimate of drug-likeness (QED) is 0.577. The maximum absolute atomic E-state index is 12.1. The van der Waals surface area contributed by atoms with E-state index in [0.29, 0.717) is 11.8 Å². The van der Waals surface area contributed by atoms with E-state index in [0.717, 1.165) is 31.2 Å². The van der Waals surface area contributed by atoms with Crippen LogP contribution in [0.2, 0.25) is 0 Å². The van der Waals surface area contributed by atoms with Gasteiger partial charge in [-0.1, -0.05) is 70.4 Å². The van der Waals surface area contributed by atoms with E-state index in [1.165, 1.54) is 0 Å². The molecule has 0 aliphatic rings. The molecule has 0 heterocycles. The van der Waals surface area contributed by atoms with E-state index in [1.54, 1.807) is 13.8 Å². The molecule has 0 radical (unpaired) electrons. The predicted molar refractivity (Wildman–Crippen MR) is 97.8 cm³/mol. The lowest BCUT2D eigenvalue weighted by Gasteiger charge is -2.38. The highest BCUT2D eigenvalue weighted by molar-refractivity contribution is 7.53. The molecule has 3 atom stereocenters. The third-order valence-electron chi connectivity index (χ3n) is 5.45. The standard InChI is InChI=1S/C19H33O3P/c1-6-11-17(15(3)7-2)14-18(16-12-9-8-10-13-16)19(4,5)23(20,21)22/h8-10,12-13,15,17-18H,6-7,11,14H2,1-5H3,(H2,20,21,22)/t15?,17-,18?/m0/s1. The second-order valence-corrected chi connectivity index (χ2v) is 9.57. The SMILES string of the molecule is CCC[C@@H](CC(c1ccccc1)C(C)(C)P(=O)(O)O)C(C)CC. The second-order valence-electron chi connectivity index (χ2n) is 7.33. The molecule has 1 aromatic carbocycles. The van der Waals surface area contributed by atoms with Crippen LogP contribution in [0.1, 0.15) is 71.8 Å². The average Bonchev–Trinajstić information content (AvgIpc) is 2.50. The lowest BCUT2D eigenvalue weighted by Crippen LogP contribution is -2.32. The molecule has 0 bridgehead atoms. The van der Waals surface area contributed by atoms with Crippen LogP contribution in [0.25, 0.3) is 0 Å². The fourth-order valence-corrected chi connectivity index (χ4v) is 4.02. The van der Waals surface area contributed by atoms with Crippen LogP contribution in [0.3, 0.4) is 0 Å². The van der Waals surface area contributed by atoms with Crippen molar-refractivity contribution in [3.8, 4) is 0 Å². The minimum absolute atomic E-state index is 0.143. The first-order chi connectivity index (χ1) is 10.6. The molecule has 132 valence electrons. The third kappa shape index (κ3) is 5.17. The van der Waals surface area contributed by atoms with Crippen molar-refractivity contribution in [2.45, 2.75) is 71.4 Å². The molecular weight excluding hydrogens is 307 g/mol. The summed E-state index contributed by atoms with van der Waals surface area (Å²) in [7, 11) is -4.20. The van der Waals surface area contributed by atoms with Crippen LogP contribution >= 0.6 is 7.60 Å². The van der Waals surface area contributed by atoms with Gasteiger partial charge < -0.3 is 9.79 Å². The van der Waals surface area contributed by atoms with E-state index in [2.05, 4.69) is 20.8 Å². The molecule has 4 heteroatoms. The van der Waals surface area contributed by atoms with Crippen molar-refractivity contribution < 1.29 is 14.4 Å². The van der Waals surface area contributed by atoms with Crippen LogP contribution in [-0.2, 0) is 4.57 Å². The van der Waals surface area contributed by atoms with Crippen molar-refractivity contribution >= 4 is 7.60 Å². The Labute approximate surface area is 141 Å². The Morgan fingerprint density at radius 3 is 2.13 bits per heavy atom.